The molecule has 104 valence electrons. The summed E-state index contributed by atoms with van der Waals surface area (Å²) in [6, 6.07) is 6.60. The smallest absolute Gasteiger partial charge is 0.327 e. The number of hydrogen-bond acceptors (Lipinski definition) is 4. The van der Waals surface area contributed by atoms with Crippen molar-refractivity contribution in [1.82, 2.24) is 0 Å². The first-order valence-electron chi connectivity index (χ1n) is 6.42. The molecule has 1 saturated carbocycles. The number of esters is 1. The molecule has 0 saturated heterocycles. The molecule has 4 nitrogen and oxygen atoms in total. The Labute approximate surface area is 113 Å². The minimum absolute atomic E-state index is 0.198. The van der Waals surface area contributed by atoms with E-state index < -0.39 is 20.6 Å². The Morgan fingerprint density at radius 3 is 2.26 bits per heavy atom. The lowest BCUT2D eigenvalue weighted by molar-refractivity contribution is -0.148. The van der Waals surface area contributed by atoms with Gasteiger partial charge in [0.2, 0.25) is 0 Å². The summed E-state index contributed by atoms with van der Waals surface area (Å²) in [7, 11) is -3.68. The first-order valence-corrected chi connectivity index (χ1v) is 7.91. The maximum absolute atomic E-state index is 12.7. The second-order valence-electron chi connectivity index (χ2n) is 4.88. The third kappa shape index (κ3) is 2.16. The monoisotopic (exact) mass is 282 g/mol. The van der Waals surface area contributed by atoms with Crippen LogP contribution in [0.2, 0.25) is 0 Å². The van der Waals surface area contributed by atoms with Crippen LogP contribution in [0.5, 0.6) is 0 Å². The van der Waals surface area contributed by atoms with E-state index in [1.165, 1.54) is 0 Å². The standard InChI is InChI=1S/C14H18O4S/c1-3-18-13(15)14(9-4-10-14)19(16,17)12-7-5-11(2)6-8-12/h5-8H,3-4,9-10H2,1-2H3. The van der Waals surface area contributed by atoms with E-state index in [9.17, 15) is 13.2 Å². The van der Waals surface area contributed by atoms with Crippen LogP contribution in [0.4, 0.5) is 0 Å². The van der Waals surface area contributed by atoms with Crippen LogP contribution in [-0.2, 0) is 19.4 Å². The quantitative estimate of drug-likeness (QED) is 0.795. The van der Waals surface area contributed by atoms with E-state index >= 15 is 0 Å². The van der Waals surface area contributed by atoms with E-state index in [1.54, 1.807) is 31.2 Å². The second-order valence-corrected chi connectivity index (χ2v) is 7.14. The SMILES string of the molecule is CCOC(=O)C1(S(=O)(=O)c2ccc(C)cc2)CCC1. The molecule has 1 aliphatic rings. The van der Waals surface area contributed by atoms with E-state index in [4.69, 9.17) is 4.74 Å². The molecule has 1 aliphatic carbocycles. The number of carbonyl (C=O) groups excluding carboxylic acids is 1. The van der Waals surface area contributed by atoms with Crippen molar-refractivity contribution < 1.29 is 17.9 Å². The van der Waals surface area contributed by atoms with Crippen molar-refractivity contribution in [3.05, 3.63) is 29.8 Å². The van der Waals surface area contributed by atoms with Gasteiger partial charge in [-0.25, -0.2) is 8.42 Å². The van der Waals surface area contributed by atoms with Gasteiger partial charge in [-0.15, -0.1) is 0 Å². The molecule has 0 aromatic heterocycles. The van der Waals surface area contributed by atoms with Gasteiger partial charge in [0.1, 0.15) is 0 Å². The van der Waals surface area contributed by atoms with Gasteiger partial charge in [-0.2, -0.15) is 0 Å². The summed E-state index contributed by atoms with van der Waals surface area (Å²) in [5, 5.41) is 0. The van der Waals surface area contributed by atoms with Gasteiger partial charge in [-0.1, -0.05) is 17.7 Å². The van der Waals surface area contributed by atoms with Gasteiger partial charge in [0, 0.05) is 0 Å². The van der Waals surface area contributed by atoms with Crippen LogP contribution in [0.3, 0.4) is 0 Å². The molecule has 0 amide bonds. The lowest BCUT2D eigenvalue weighted by Gasteiger charge is -2.38. The molecule has 0 N–H and O–H groups in total. The van der Waals surface area contributed by atoms with Crippen LogP contribution in [0.1, 0.15) is 31.7 Å². The largest absolute Gasteiger partial charge is 0.465 e. The van der Waals surface area contributed by atoms with E-state index in [1.807, 2.05) is 6.92 Å². The zero-order valence-corrected chi connectivity index (χ0v) is 12.0. The van der Waals surface area contributed by atoms with E-state index in [2.05, 4.69) is 0 Å². The fraction of sp³-hybridized carbons (Fsp3) is 0.500. The third-order valence-electron chi connectivity index (χ3n) is 3.65. The summed E-state index contributed by atoms with van der Waals surface area (Å²) in [6.45, 7) is 3.77. The average Bonchev–Trinajstić information content (AvgIpc) is 2.27. The van der Waals surface area contributed by atoms with Gasteiger partial charge in [0.25, 0.3) is 0 Å². The molecule has 1 aromatic rings. The van der Waals surface area contributed by atoms with E-state index in [-0.39, 0.29) is 11.5 Å². The highest BCUT2D eigenvalue weighted by molar-refractivity contribution is 7.93. The molecule has 5 heteroatoms. The van der Waals surface area contributed by atoms with Crippen LogP contribution < -0.4 is 0 Å². The summed E-state index contributed by atoms with van der Waals surface area (Å²) in [5.41, 5.74) is 0.984. The molecule has 1 fully saturated rings. The Hall–Kier alpha value is -1.36. The first kappa shape index (κ1) is 14.1. The van der Waals surface area contributed by atoms with Crippen molar-refractivity contribution in [3.63, 3.8) is 0 Å². The highest BCUT2D eigenvalue weighted by Crippen LogP contribution is 2.43. The minimum Gasteiger partial charge on any atom is -0.465 e. The number of ether oxygens (including phenoxy) is 1. The summed E-state index contributed by atoms with van der Waals surface area (Å²) >= 11 is 0. The molecular weight excluding hydrogens is 264 g/mol. The van der Waals surface area contributed by atoms with Crippen LogP contribution in [0.15, 0.2) is 29.2 Å². The van der Waals surface area contributed by atoms with E-state index in [0.29, 0.717) is 12.8 Å². The van der Waals surface area contributed by atoms with Gasteiger partial charge in [0.15, 0.2) is 14.6 Å². The number of sulfone groups is 1. The molecule has 0 heterocycles. The average molecular weight is 282 g/mol. The third-order valence-corrected chi connectivity index (χ3v) is 6.15. The molecule has 0 atom stereocenters. The van der Waals surface area contributed by atoms with Crippen LogP contribution in [0.25, 0.3) is 0 Å². The molecule has 19 heavy (non-hydrogen) atoms. The summed E-state index contributed by atoms with van der Waals surface area (Å²) in [5.74, 6) is -0.609. The van der Waals surface area contributed by atoms with Crippen molar-refractivity contribution in [2.24, 2.45) is 0 Å². The molecule has 0 unspecified atom stereocenters. The number of carbonyl (C=O) groups is 1. The minimum atomic E-state index is -3.68. The zero-order valence-electron chi connectivity index (χ0n) is 11.2. The van der Waals surface area contributed by atoms with Crippen LogP contribution >= 0.6 is 0 Å². The lowest BCUT2D eigenvalue weighted by Crippen LogP contribution is -2.52. The Bertz CT molecular complexity index is 568. The predicted octanol–water partition coefficient (Wildman–Crippen LogP) is 2.25. The van der Waals surface area contributed by atoms with Gasteiger partial charge in [-0.05, 0) is 45.2 Å². The van der Waals surface area contributed by atoms with Gasteiger partial charge >= 0.3 is 5.97 Å². The highest BCUT2D eigenvalue weighted by Gasteiger charge is 2.56. The predicted molar refractivity (Wildman–Crippen MR) is 71.6 cm³/mol. The van der Waals surface area contributed by atoms with Crippen molar-refractivity contribution in [1.29, 1.82) is 0 Å². The van der Waals surface area contributed by atoms with Gasteiger partial charge < -0.3 is 4.74 Å². The summed E-state index contributed by atoms with van der Waals surface area (Å²) in [4.78, 5) is 12.2. The molecule has 0 bridgehead atoms. The van der Waals surface area contributed by atoms with Crippen molar-refractivity contribution in [2.45, 2.75) is 42.8 Å². The van der Waals surface area contributed by atoms with Crippen molar-refractivity contribution in [3.8, 4) is 0 Å². The lowest BCUT2D eigenvalue weighted by atomic mass is 9.84. The Balaban J connectivity index is 2.42. The molecule has 0 aliphatic heterocycles. The first-order chi connectivity index (χ1) is 8.94. The second kappa shape index (κ2) is 4.96. The Morgan fingerprint density at radius 1 is 1.26 bits per heavy atom. The molecule has 0 spiro atoms. The van der Waals surface area contributed by atoms with Gasteiger partial charge in [0.05, 0.1) is 11.5 Å². The fourth-order valence-corrected chi connectivity index (χ4v) is 4.34. The highest BCUT2D eigenvalue weighted by atomic mass is 32.2. The van der Waals surface area contributed by atoms with Crippen LogP contribution in [-0.4, -0.2) is 25.7 Å². The number of benzene rings is 1. The molecule has 0 radical (unpaired) electrons. The molecule has 1 aromatic carbocycles. The molecule has 2 rings (SSSR count). The Morgan fingerprint density at radius 2 is 1.84 bits per heavy atom. The summed E-state index contributed by atoms with van der Waals surface area (Å²) in [6.07, 6.45) is 1.44. The number of rotatable bonds is 4. The normalized spacial score (nSPS) is 17.6. The van der Waals surface area contributed by atoms with Gasteiger partial charge in [-0.3, -0.25) is 4.79 Å². The fourth-order valence-electron chi connectivity index (χ4n) is 2.29. The maximum Gasteiger partial charge on any atom is 0.327 e. The maximum atomic E-state index is 12.7. The topological polar surface area (TPSA) is 60.4 Å². The van der Waals surface area contributed by atoms with E-state index in [0.717, 1.165) is 12.0 Å². The van der Waals surface area contributed by atoms with Crippen molar-refractivity contribution >= 4 is 15.8 Å². The van der Waals surface area contributed by atoms with Crippen molar-refractivity contribution in [2.75, 3.05) is 6.61 Å². The van der Waals surface area contributed by atoms with Crippen LogP contribution in [0, 0.1) is 6.92 Å². The summed E-state index contributed by atoms with van der Waals surface area (Å²) < 4.78 is 28.9. The number of aryl methyl sites for hydroxylation is 1. The Kier molecular flexibility index (Phi) is 3.67. The molecular formula is C14H18O4S. The zero-order chi connectivity index (χ0) is 14.1. The number of hydrogen-bond donors (Lipinski definition) is 0.